The van der Waals surface area contributed by atoms with Crippen LogP contribution >= 0.6 is 0 Å². The Hall–Kier alpha value is -0.160. The Morgan fingerprint density at radius 2 is 1.56 bits per heavy atom. The number of hydrogen-bond acceptors (Lipinski definition) is 4. The Labute approximate surface area is 97.2 Å². The Morgan fingerprint density at radius 3 is 1.94 bits per heavy atom. The summed E-state index contributed by atoms with van der Waals surface area (Å²) >= 11 is 0. The number of aliphatic hydroxyl groups excluding tert-OH is 3. The van der Waals surface area contributed by atoms with Crippen molar-refractivity contribution in [2.45, 2.75) is 52.1 Å². The van der Waals surface area contributed by atoms with E-state index in [1.54, 1.807) is 0 Å². The van der Waals surface area contributed by atoms with Gasteiger partial charge >= 0.3 is 0 Å². The Bertz CT molecular complexity index is 215. The van der Waals surface area contributed by atoms with Crippen molar-refractivity contribution in [3.63, 3.8) is 0 Å². The van der Waals surface area contributed by atoms with Crippen LogP contribution in [0.2, 0.25) is 0 Å². The molecule has 0 radical (unpaired) electrons. The number of aliphatic hydroxyl groups is 3. The molecule has 1 saturated heterocycles. The molecule has 0 aromatic rings. The molecule has 0 bridgehead atoms. The molecule has 4 nitrogen and oxygen atoms in total. The molecule has 16 heavy (non-hydrogen) atoms. The van der Waals surface area contributed by atoms with Gasteiger partial charge in [0.05, 0.1) is 24.9 Å². The minimum absolute atomic E-state index is 0.115. The molecule has 0 aliphatic carbocycles. The molecule has 1 fully saturated rings. The van der Waals surface area contributed by atoms with Gasteiger partial charge in [0.25, 0.3) is 0 Å². The zero-order valence-electron chi connectivity index (χ0n) is 10.5. The fraction of sp³-hybridized carbons (Fsp3) is 1.00. The lowest BCUT2D eigenvalue weighted by atomic mass is 9.78. The van der Waals surface area contributed by atoms with Crippen LogP contribution in [0.3, 0.4) is 0 Å². The van der Waals surface area contributed by atoms with Gasteiger partial charge in [0, 0.05) is 5.92 Å². The summed E-state index contributed by atoms with van der Waals surface area (Å²) in [5, 5.41) is 29.4. The lowest BCUT2D eigenvalue weighted by molar-refractivity contribution is -0.227. The van der Waals surface area contributed by atoms with Gasteiger partial charge in [0.1, 0.15) is 6.10 Å². The topological polar surface area (TPSA) is 69.9 Å². The number of ether oxygens (including phenoxy) is 1. The lowest BCUT2D eigenvalue weighted by Crippen LogP contribution is -2.58. The van der Waals surface area contributed by atoms with Crippen LogP contribution in [0, 0.1) is 17.8 Å². The number of rotatable bonds is 3. The third-order valence-electron chi connectivity index (χ3n) is 3.45. The summed E-state index contributed by atoms with van der Waals surface area (Å²) in [6.07, 6.45) is -2.47. The van der Waals surface area contributed by atoms with Gasteiger partial charge in [-0.1, -0.05) is 27.7 Å². The summed E-state index contributed by atoms with van der Waals surface area (Å²) in [6, 6.07) is 0. The molecule has 1 aliphatic rings. The zero-order chi connectivity index (χ0) is 12.5. The van der Waals surface area contributed by atoms with E-state index in [-0.39, 0.29) is 30.5 Å². The first kappa shape index (κ1) is 13.9. The van der Waals surface area contributed by atoms with E-state index in [4.69, 9.17) is 4.74 Å². The van der Waals surface area contributed by atoms with E-state index >= 15 is 0 Å². The second kappa shape index (κ2) is 5.45. The highest BCUT2D eigenvalue weighted by molar-refractivity contribution is 4.93. The predicted octanol–water partition coefficient (Wildman–Crippen LogP) is 0.396. The molecule has 5 atom stereocenters. The summed E-state index contributed by atoms with van der Waals surface area (Å²) in [6.45, 7) is 7.68. The van der Waals surface area contributed by atoms with Crippen molar-refractivity contribution in [2.75, 3.05) is 6.61 Å². The van der Waals surface area contributed by atoms with Gasteiger partial charge < -0.3 is 20.1 Å². The predicted molar refractivity (Wildman–Crippen MR) is 60.9 cm³/mol. The third-order valence-corrected chi connectivity index (χ3v) is 3.45. The average Bonchev–Trinajstić information content (AvgIpc) is 2.20. The van der Waals surface area contributed by atoms with E-state index in [1.165, 1.54) is 0 Å². The quantitative estimate of drug-likeness (QED) is 0.658. The summed E-state index contributed by atoms with van der Waals surface area (Å²) in [5.41, 5.74) is 0. The Morgan fingerprint density at radius 1 is 1.00 bits per heavy atom. The van der Waals surface area contributed by atoms with E-state index in [1.807, 2.05) is 27.7 Å². The first-order valence-corrected chi connectivity index (χ1v) is 6.02. The van der Waals surface area contributed by atoms with Gasteiger partial charge in [-0.05, 0) is 11.8 Å². The first-order chi connectivity index (χ1) is 7.40. The fourth-order valence-electron chi connectivity index (χ4n) is 2.55. The molecule has 0 aromatic heterocycles. The van der Waals surface area contributed by atoms with Crippen LogP contribution in [0.4, 0.5) is 0 Å². The standard InChI is InChI=1S/C12H24O4/c1-6(2)9-8(5-13)16-12(7(3)4)11(15)10(9)14/h6-15H,5H2,1-4H3. The van der Waals surface area contributed by atoms with Crippen molar-refractivity contribution in [1.82, 2.24) is 0 Å². The van der Waals surface area contributed by atoms with Gasteiger partial charge in [-0.3, -0.25) is 0 Å². The van der Waals surface area contributed by atoms with Gasteiger partial charge in [0.2, 0.25) is 0 Å². The van der Waals surface area contributed by atoms with Crippen LogP contribution in [0.25, 0.3) is 0 Å². The molecule has 4 heteroatoms. The monoisotopic (exact) mass is 232 g/mol. The van der Waals surface area contributed by atoms with Crippen molar-refractivity contribution in [2.24, 2.45) is 17.8 Å². The van der Waals surface area contributed by atoms with Gasteiger partial charge in [-0.25, -0.2) is 0 Å². The van der Waals surface area contributed by atoms with Crippen molar-refractivity contribution >= 4 is 0 Å². The normalized spacial score (nSPS) is 40.7. The zero-order valence-corrected chi connectivity index (χ0v) is 10.5. The minimum atomic E-state index is -0.866. The fourth-order valence-corrected chi connectivity index (χ4v) is 2.55. The molecule has 3 N–H and O–H groups in total. The van der Waals surface area contributed by atoms with Gasteiger partial charge in [0.15, 0.2) is 0 Å². The Kier molecular flexibility index (Phi) is 4.73. The SMILES string of the molecule is CC(C)C1OC(CO)C(C(C)C)C(O)C1O. The van der Waals surface area contributed by atoms with Crippen LogP contribution in [-0.4, -0.2) is 46.3 Å². The second-order valence-electron chi connectivity index (χ2n) is 5.37. The Balaban J connectivity index is 2.85. The highest BCUT2D eigenvalue weighted by Crippen LogP contribution is 2.33. The molecule has 0 amide bonds. The average molecular weight is 232 g/mol. The molecule has 1 aliphatic heterocycles. The molecule has 0 spiro atoms. The van der Waals surface area contributed by atoms with E-state index in [9.17, 15) is 15.3 Å². The molecular formula is C12H24O4. The lowest BCUT2D eigenvalue weighted by Gasteiger charge is -2.45. The van der Waals surface area contributed by atoms with Crippen molar-refractivity contribution < 1.29 is 20.1 Å². The minimum Gasteiger partial charge on any atom is -0.394 e. The largest absolute Gasteiger partial charge is 0.394 e. The maximum atomic E-state index is 10.1. The molecule has 1 rings (SSSR count). The first-order valence-electron chi connectivity index (χ1n) is 6.02. The number of hydrogen-bond donors (Lipinski definition) is 3. The molecule has 96 valence electrons. The van der Waals surface area contributed by atoms with Crippen LogP contribution in [-0.2, 0) is 4.74 Å². The molecular weight excluding hydrogens is 208 g/mol. The van der Waals surface area contributed by atoms with Crippen molar-refractivity contribution in [3.8, 4) is 0 Å². The molecule has 0 saturated carbocycles. The summed E-state index contributed by atoms with van der Waals surface area (Å²) in [7, 11) is 0. The van der Waals surface area contributed by atoms with E-state index in [0.29, 0.717) is 0 Å². The van der Waals surface area contributed by atoms with Crippen LogP contribution in [0.15, 0.2) is 0 Å². The van der Waals surface area contributed by atoms with E-state index in [0.717, 1.165) is 0 Å². The summed E-state index contributed by atoms with van der Waals surface area (Å²) < 4.78 is 5.69. The second-order valence-corrected chi connectivity index (χ2v) is 5.37. The van der Waals surface area contributed by atoms with Gasteiger partial charge in [-0.2, -0.15) is 0 Å². The molecule has 0 aromatic carbocycles. The third kappa shape index (κ3) is 2.56. The summed E-state index contributed by atoms with van der Waals surface area (Å²) in [4.78, 5) is 0. The van der Waals surface area contributed by atoms with Gasteiger partial charge in [-0.15, -0.1) is 0 Å². The molecule has 5 unspecified atom stereocenters. The maximum absolute atomic E-state index is 10.1. The molecule has 1 heterocycles. The van der Waals surface area contributed by atoms with Crippen molar-refractivity contribution in [1.29, 1.82) is 0 Å². The highest BCUT2D eigenvalue weighted by Gasteiger charge is 2.45. The van der Waals surface area contributed by atoms with E-state index < -0.39 is 18.3 Å². The maximum Gasteiger partial charge on any atom is 0.107 e. The van der Waals surface area contributed by atoms with Crippen LogP contribution in [0.5, 0.6) is 0 Å². The van der Waals surface area contributed by atoms with E-state index in [2.05, 4.69) is 0 Å². The van der Waals surface area contributed by atoms with Crippen LogP contribution < -0.4 is 0 Å². The highest BCUT2D eigenvalue weighted by atomic mass is 16.5. The smallest absolute Gasteiger partial charge is 0.107 e. The summed E-state index contributed by atoms with van der Waals surface area (Å²) in [5.74, 6) is 0.0664. The van der Waals surface area contributed by atoms with Crippen LogP contribution in [0.1, 0.15) is 27.7 Å². The van der Waals surface area contributed by atoms with Crippen molar-refractivity contribution in [3.05, 3.63) is 0 Å².